The number of nitro groups is 1. The van der Waals surface area contributed by atoms with Gasteiger partial charge in [-0.25, -0.2) is 0 Å². The second kappa shape index (κ2) is 5.42. The molecule has 2 aromatic carbocycles. The van der Waals surface area contributed by atoms with Gasteiger partial charge in [0.05, 0.1) is 11.0 Å². The molecule has 1 N–H and O–H groups in total. The Morgan fingerprint density at radius 3 is 2.68 bits per heavy atom. The summed E-state index contributed by atoms with van der Waals surface area (Å²) in [4.78, 5) is 12.7. The second-order valence-electron chi connectivity index (χ2n) is 6.52. The first-order chi connectivity index (χ1) is 11.9. The van der Waals surface area contributed by atoms with Crippen LogP contribution in [0.15, 0.2) is 48.5 Å². The molecule has 0 spiro atoms. The van der Waals surface area contributed by atoms with Crippen LogP contribution in [0.4, 0.5) is 11.4 Å². The Balaban J connectivity index is 1.84. The van der Waals surface area contributed by atoms with E-state index in [2.05, 4.69) is 12.2 Å². The molecule has 6 nitrogen and oxygen atoms in total. The fourth-order valence-corrected chi connectivity index (χ4v) is 4.10. The van der Waals surface area contributed by atoms with E-state index in [0.29, 0.717) is 10.9 Å². The van der Waals surface area contributed by atoms with Crippen molar-refractivity contribution in [1.29, 1.82) is 0 Å². The Bertz CT molecular complexity index is 873. The Morgan fingerprint density at radius 2 is 2.00 bits per heavy atom. The maximum Gasteiger partial charge on any atom is 0.270 e. The van der Waals surface area contributed by atoms with E-state index in [0.717, 1.165) is 11.3 Å². The van der Waals surface area contributed by atoms with Gasteiger partial charge in [-0.2, -0.15) is 0 Å². The molecule has 2 heterocycles. The van der Waals surface area contributed by atoms with E-state index in [-0.39, 0.29) is 17.6 Å². The van der Waals surface area contributed by atoms with Crippen LogP contribution >= 0.6 is 12.2 Å². The summed E-state index contributed by atoms with van der Waals surface area (Å²) < 4.78 is 6.35. The van der Waals surface area contributed by atoms with Gasteiger partial charge in [0.15, 0.2) is 10.8 Å². The molecule has 2 aliphatic rings. The molecular weight excluding hydrogens is 338 g/mol. The molecule has 0 saturated carbocycles. The molecule has 1 fully saturated rings. The number of fused-ring (bicyclic) bond motifs is 4. The molecule has 2 bridgehead atoms. The van der Waals surface area contributed by atoms with Gasteiger partial charge >= 0.3 is 0 Å². The molecule has 3 atom stereocenters. The van der Waals surface area contributed by atoms with Crippen molar-refractivity contribution in [3.8, 4) is 5.75 Å². The van der Waals surface area contributed by atoms with Crippen molar-refractivity contribution in [2.45, 2.75) is 25.6 Å². The zero-order chi connectivity index (χ0) is 17.8. The third-order valence-corrected chi connectivity index (χ3v) is 5.44. The third kappa shape index (κ3) is 2.26. The maximum absolute atomic E-state index is 11.1. The highest BCUT2D eigenvalue weighted by atomic mass is 32.1. The third-order valence-electron chi connectivity index (χ3n) is 5.14. The highest BCUT2D eigenvalue weighted by Crippen LogP contribution is 2.49. The number of hydrogen-bond acceptors (Lipinski definition) is 4. The molecule has 0 radical (unpaired) electrons. The highest BCUT2D eigenvalue weighted by Gasteiger charge is 2.54. The lowest BCUT2D eigenvalue weighted by Gasteiger charge is -2.56. The monoisotopic (exact) mass is 355 g/mol. The average molecular weight is 355 g/mol. The Kier molecular flexibility index (Phi) is 3.43. The Morgan fingerprint density at radius 1 is 1.28 bits per heavy atom. The van der Waals surface area contributed by atoms with Gasteiger partial charge in [0, 0.05) is 29.3 Å². The minimum absolute atomic E-state index is 0.0221. The summed E-state index contributed by atoms with van der Waals surface area (Å²) in [5.41, 5.74) is 1.08. The van der Waals surface area contributed by atoms with Crippen molar-refractivity contribution >= 4 is 28.7 Å². The SMILES string of the molecule is C[C@@H]1[C@H]2NC(=S)N(c3ccccc3)[C@@]1(C)Oc1ccc([N+](=O)[O-])cc12. The number of ether oxygens (including phenoxy) is 1. The summed E-state index contributed by atoms with van der Waals surface area (Å²) in [7, 11) is 0. The van der Waals surface area contributed by atoms with Crippen LogP contribution in [0.2, 0.25) is 0 Å². The van der Waals surface area contributed by atoms with E-state index in [9.17, 15) is 10.1 Å². The van der Waals surface area contributed by atoms with Crippen molar-refractivity contribution < 1.29 is 9.66 Å². The minimum atomic E-state index is -0.683. The topological polar surface area (TPSA) is 67.6 Å². The second-order valence-corrected chi connectivity index (χ2v) is 6.91. The summed E-state index contributed by atoms with van der Waals surface area (Å²) in [5.74, 6) is 0.668. The van der Waals surface area contributed by atoms with E-state index in [1.165, 1.54) is 6.07 Å². The number of nitrogens with one attached hydrogen (secondary N) is 1. The smallest absolute Gasteiger partial charge is 0.270 e. The van der Waals surface area contributed by atoms with E-state index >= 15 is 0 Å². The highest BCUT2D eigenvalue weighted by molar-refractivity contribution is 7.80. The molecule has 0 amide bonds. The van der Waals surface area contributed by atoms with Gasteiger partial charge in [0.1, 0.15) is 5.75 Å². The van der Waals surface area contributed by atoms with Crippen LogP contribution in [0.3, 0.4) is 0 Å². The van der Waals surface area contributed by atoms with Crippen molar-refractivity contribution in [2.75, 3.05) is 4.90 Å². The predicted molar refractivity (Wildman–Crippen MR) is 98.7 cm³/mol. The van der Waals surface area contributed by atoms with Crippen molar-refractivity contribution in [1.82, 2.24) is 5.32 Å². The van der Waals surface area contributed by atoms with Gasteiger partial charge in [0.25, 0.3) is 5.69 Å². The zero-order valence-corrected chi connectivity index (χ0v) is 14.6. The molecule has 4 rings (SSSR count). The molecule has 2 aliphatic heterocycles. The lowest BCUT2D eigenvalue weighted by atomic mass is 9.80. The van der Waals surface area contributed by atoms with Crippen molar-refractivity contribution in [3.05, 3.63) is 64.2 Å². The largest absolute Gasteiger partial charge is 0.467 e. The number of nitro benzene ring substituents is 1. The number of anilines is 1. The molecular formula is C18H17N3O3S. The molecule has 0 aliphatic carbocycles. The van der Waals surface area contributed by atoms with Crippen LogP contribution in [0.1, 0.15) is 25.5 Å². The van der Waals surface area contributed by atoms with Crippen LogP contribution < -0.4 is 15.0 Å². The lowest BCUT2D eigenvalue weighted by Crippen LogP contribution is -2.69. The van der Waals surface area contributed by atoms with Crippen molar-refractivity contribution in [2.24, 2.45) is 5.92 Å². The van der Waals surface area contributed by atoms with Gasteiger partial charge in [-0.15, -0.1) is 0 Å². The van der Waals surface area contributed by atoms with E-state index in [1.54, 1.807) is 12.1 Å². The average Bonchev–Trinajstić information content (AvgIpc) is 2.58. The summed E-state index contributed by atoms with van der Waals surface area (Å²) in [6.07, 6.45) is 0. The number of thiocarbonyl (C=S) groups is 1. The minimum Gasteiger partial charge on any atom is -0.467 e. The first-order valence-corrected chi connectivity index (χ1v) is 8.46. The molecule has 128 valence electrons. The van der Waals surface area contributed by atoms with Gasteiger partial charge in [0.2, 0.25) is 0 Å². The van der Waals surface area contributed by atoms with Gasteiger partial charge in [-0.05, 0) is 37.3 Å². The Labute approximate surface area is 150 Å². The van der Waals surface area contributed by atoms with Gasteiger partial charge < -0.3 is 10.1 Å². The summed E-state index contributed by atoms with van der Waals surface area (Å²) >= 11 is 5.60. The van der Waals surface area contributed by atoms with Crippen LogP contribution in [0, 0.1) is 16.0 Å². The normalized spacial score (nSPS) is 27.1. The molecule has 25 heavy (non-hydrogen) atoms. The van der Waals surface area contributed by atoms with Gasteiger partial charge in [-0.1, -0.05) is 25.1 Å². The summed E-state index contributed by atoms with van der Waals surface area (Å²) in [6.45, 7) is 4.08. The van der Waals surface area contributed by atoms with Crippen molar-refractivity contribution in [3.63, 3.8) is 0 Å². The fraction of sp³-hybridized carbons (Fsp3) is 0.278. The number of rotatable bonds is 2. The molecule has 0 unspecified atom stereocenters. The summed E-state index contributed by atoms with van der Waals surface area (Å²) in [6, 6.07) is 14.4. The quantitative estimate of drug-likeness (QED) is 0.502. The zero-order valence-electron chi connectivity index (χ0n) is 13.8. The van der Waals surface area contributed by atoms with Crippen LogP contribution in [-0.2, 0) is 0 Å². The van der Waals surface area contributed by atoms with Crippen LogP contribution in [0.5, 0.6) is 5.75 Å². The van der Waals surface area contributed by atoms with Gasteiger partial charge in [-0.3, -0.25) is 15.0 Å². The number of hydrogen-bond donors (Lipinski definition) is 1. The van der Waals surface area contributed by atoms with Crippen LogP contribution in [-0.4, -0.2) is 15.8 Å². The van der Waals surface area contributed by atoms with E-state index in [1.807, 2.05) is 42.2 Å². The number of para-hydroxylation sites is 1. The number of nitrogens with zero attached hydrogens (tertiary/aromatic N) is 2. The number of benzene rings is 2. The standard InChI is InChI=1S/C18H17N3O3S/c1-11-16-14-10-13(21(22)23)8-9-15(14)24-18(11,2)20(17(25)19-16)12-6-4-3-5-7-12/h3-11,16H,1-2H3,(H,19,25)/t11-,16-,18+/m1/s1. The molecule has 2 aromatic rings. The first kappa shape index (κ1) is 15.8. The lowest BCUT2D eigenvalue weighted by molar-refractivity contribution is -0.385. The number of non-ortho nitro benzene ring substituents is 1. The first-order valence-electron chi connectivity index (χ1n) is 8.05. The Hall–Kier alpha value is -2.67. The fourth-order valence-electron chi connectivity index (χ4n) is 3.68. The predicted octanol–water partition coefficient (Wildman–Crippen LogP) is 3.78. The molecule has 7 heteroatoms. The van der Waals surface area contributed by atoms with E-state index < -0.39 is 10.6 Å². The summed E-state index contributed by atoms with van der Waals surface area (Å²) in [5, 5.41) is 15.0. The molecule has 0 aromatic heterocycles. The molecule has 1 saturated heterocycles. The maximum atomic E-state index is 11.1. The van der Waals surface area contributed by atoms with Crippen LogP contribution in [0.25, 0.3) is 0 Å². The van der Waals surface area contributed by atoms with E-state index in [4.69, 9.17) is 17.0 Å².